The second kappa shape index (κ2) is 8.85. The van der Waals surface area contributed by atoms with Gasteiger partial charge >= 0.3 is 0 Å². The number of aromatic amines is 1. The Morgan fingerprint density at radius 1 is 1.33 bits per heavy atom. The number of H-pyrrole nitrogens is 1. The van der Waals surface area contributed by atoms with Crippen LogP contribution in [0.5, 0.6) is 5.88 Å². The molecule has 1 saturated heterocycles. The number of halogens is 1. The highest BCUT2D eigenvalue weighted by molar-refractivity contribution is 5.65. The third-order valence-corrected chi connectivity index (χ3v) is 5.60. The topological polar surface area (TPSA) is 118 Å². The van der Waals surface area contributed by atoms with Crippen molar-refractivity contribution in [2.75, 3.05) is 23.9 Å². The van der Waals surface area contributed by atoms with Crippen LogP contribution in [0.4, 0.5) is 22.0 Å². The van der Waals surface area contributed by atoms with Gasteiger partial charge in [-0.2, -0.15) is 10.1 Å². The molecule has 33 heavy (non-hydrogen) atoms. The molecule has 5 heterocycles. The van der Waals surface area contributed by atoms with Gasteiger partial charge < -0.3 is 19.5 Å². The van der Waals surface area contributed by atoms with Crippen molar-refractivity contribution in [2.45, 2.75) is 32.2 Å². The van der Waals surface area contributed by atoms with E-state index >= 15 is 0 Å². The summed E-state index contributed by atoms with van der Waals surface area (Å²) in [6.45, 7) is 2.72. The van der Waals surface area contributed by atoms with Gasteiger partial charge in [0.2, 0.25) is 11.8 Å². The number of anilines is 3. The van der Waals surface area contributed by atoms with Crippen molar-refractivity contribution in [1.29, 1.82) is 0 Å². The maximum absolute atomic E-state index is 14.4. The van der Waals surface area contributed by atoms with Crippen LogP contribution in [0.15, 0.2) is 41.2 Å². The fourth-order valence-corrected chi connectivity index (χ4v) is 3.94. The zero-order chi connectivity index (χ0) is 22.8. The molecule has 1 unspecified atom stereocenters. The fraction of sp³-hybridized carbons (Fsp3) is 0.318. The van der Waals surface area contributed by atoms with Crippen LogP contribution in [0, 0.1) is 5.82 Å². The lowest BCUT2D eigenvalue weighted by molar-refractivity contribution is 0.361. The SMILES string of the molecule is CCc1cc(Nc2nc(N3CCCC3c3cc(-c4cccnc4OC)no3)ncc2F)n[nH]1. The summed E-state index contributed by atoms with van der Waals surface area (Å²) < 4.78 is 25.4. The van der Waals surface area contributed by atoms with Crippen LogP contribution in [0.2, 0.25) is 0 Å². The summed E-state index contributed by atoms with van der Waals surface area (Å²) in [6.07, 6.45) is 5.37. The number of nitrogens with one attached hydrogen (secondary N) is 2. The Hall–Kier alpha value is -4.02. The van der Waals surface area contributed by atoms with Crippen molar-refractivity contribution < 1.29 is 13.7 Å². The largest absolute Gasteiger partial charge is 0.481 e. The summed E-state index contributed by atoms with van der Waals surface area (Å²) in [5.41, 5.74) is 2.32. The van der Waals surface area contributed by atoms with E-state index in [1.807, 2.05) is 36.1 Å². The number of ether oxygens (including phenoxy) is 1. The fourth-order valence-electron chi connectivity index (χ4n) is 3.94. The number of nitrogens with zero attached hydrogens (tertiary/aromatic N) is 6. The molecule has 0 amide bonds. The number of aromatic nitrogens is 6. The number of hydrogen-bond acceptors (Lipinski definition) is 9. The molecule has 0 bridgehead atoms. The average molecular weight is 450 g/mol. The van der Waals surface area contributed by atoms with Crippen LogP contribution in [-0.2, 0) is 6.42 Å². The van der Waals surface area contributed by atoms with Gasteiger partial charge in [0.05, 0.1) is 24.9 Å². The molecule has 0 spiro atoms. The third kappa shape index (κ3) is 4.09. The molecule has 0 saturated carbocycles. The Morgan fingerprint density at radius 2 is 2.24 bits per heavy atom. The van der Waals surface area contributed by atoms with E-state index in [0.29, 0.717) is 35.6 Å². The van der Waals surface area contributed by atoms with Crippen molar-refractivity contribution in [3.63, 3.8) is 0 Å². The quantitative estimate of drug-likeness (QED) is 0.430. The van der Waals surface area contributed by atoms with Gasteiger partial charge in [-0.25, -0.2) is 14.4 Å². The zero-order valence-corrected chi connectivity index (χ0v) is 18.2. The maximum Gasteiger partial charge on any atom is 0.228 e. The van der Waals surface area contributed by atoms with Gasteiger partial charge in [0.1, 0.15) is 5.69 Å². The number of hydrogen-bond donors (Lipinski definition) is 2. The van der Waals surface area contributed by atoms with Crippen molar-refractivity contribution in [3.05, 3.63) is 53.9 Å². The predicted molar refractivity (Wildman–Crippen MR) is 119 cm³/mol. The van der Waals surface area contributed by atoms with E-state index in [4.69, 9.17) is 9.26 Å². The molecule has 1 atom stereocenters. The molecule has 1 aliphatic rings. The van der Waals surface area contributed by atoms with E-state index in [1.54, 1.807) is 13.3 Å². The summed E-state index contributed by atoms with van der Waals surface area (Å²) >= 11 is 0. The molecule has 0 radical (unpaired) electrons. The molecular formula is C22H23FN8O2. The Bertz CT molecular complexity index is 1260. The Labute approximate surface area is 189 Å². The Kier molecular flexibility index (Phi) is 5.59. The van der Waals surface area contributed by atoms with Crippen molar-refractivity contribution >= 4 is 17.6 Å². The van der Waals surface area contributed by atoms with Crippen molar-refractivity contribution in [2.24, 2.45) is 0 Å². The predicted octanol–water partition coefficient (Wildman–Crippen LogP) is 4.04. The first-order valence-electron chi connectivity index (χ1n) is 10.7. The molecule has 1 aliphatic heterocycles. The molecule has 10 nitrogen and oxygen atoms in total. The van der Waals surface area contributed by atoms with Crippen LogP contribution in [0.3, 0.4) is 0 Å². The monoisotopic (exact) mass is 450 g/mol. The van der Waals surface area contributed by atoms with Crippen LogP contribution in [-0.4, -0.2) is 44.0 Å². The number of pyridine rings is 1. The first-order chi connectivity index (χ1) is 16.2. The highest BCUT2D eigenvalue weighted by Crippen LogP contribution is 2.37. The molecule has 4 aromatic heterocycles. The highest BCUT2D eigenvalue weighted by Gasteiger charge is 2.32. The Morgan fingerprint density at radius 3 is 3.06 bits per heavy atom. The molecule has 5 rings (SSSR count). The van der Waals surface area contributed by atoms with E-state index in [-0.39, 0.29) is 11.9 Å². The first-order valence-corrected chi connectivity index (χ1v) is 10.7. The number of methoxy groups -OCH3 is 1. The standard InChI is InChI=1S/C22H23FN8O2/c1-3-13-10-19(29-28-13)26-20-15(23)12-25-22(27-20)31-9-5-7-17(31)18-11-16(30-33-18)14-6-4-8-24-21(14)32-2/h4,6,8,10-12,17H,3,5,7,9H2,1-2H3,(H2,25,26,27,28,29). The summed E-state index contributed by atoms with van der Waals surface area (Å²) in [7, 11) is 1.56. The minimum absolute atomic E-state index is 0.0677. The summed E-state index contributed by atoms with van der Waals surface area (Å²) in [4.78, 5) is 14.9. The second-order valence-electron chi connectivity index (χ2n) is 7.65. The van der Waals surface area contributed by atoms with Crippen LogP contribution >= 0.6 is 0 Å². The molecule has 11 heteroatoms. The highest BCUT2D eigenvalue weighted by atomic mass is 19.1. The van der Waals surface area contributed by atoms with Crippen LogP contribution < -0.4 is 15.0 Å². The van der Waals surface area contributed by atoms with Gasteiger partial charge in [-0.05, 0) is 31.4 Å². The summed E-state index contributed by atoms with van der Waals surface area (Å²) in [5, 5.41) is 14.2. The van der Waals surface area contributed by atoms with E-state index in [1.165, 1.54) is 6.20 Å². The van der Waals surface area contributed by atoms with Gasteiger partial charge in [0, 0.05) is 30.6 Å². The first kappa shape index (κ1) is 20.9. The molecular weight excluding hydrogens is 427 g/mol. The molecule has 0 aliphatic carbocycles. The normalized spacial score (nSPS) is 15.7. The molecule has 1 fully saturated rings. The van der Waals surface area contributed by atoms with Gasteiger partial charge in [0.25, 0.3) is 0 Å². The van der Waals surface area contributed by atoms with Gasteiger partial charge in [0.15, 0.2) is 23.2 Å². The Balaban J connectivity index is 1.40. The molecule has 170 valence electrons. The lowest BCUT2D eigenvalue weighted by Gasteiger charge is -2.22. The maximum atomic E-state index is 14.4. The zero-order valence-electron chi connectivity index (χ0n) is 18.2. The van der Waals surface area contributed by atoms with Gasteiger partial charge in [-0.1, -0.05) is 12.1 Å². The van der Waals surface area contributed by atoms with E-state index in [9.17, 15) is 4.39 Å². The second-order valence-corrected chi connectivity index (χ2v) is 7.65. The van der Waals surface area contributed by atoms with Gasteiger partial charge in [-0.15, -0.1) is 0 Å². The van der Waals surface area contributed by atoms with E-state index in [2.05, 4.69) is 35.6 Å². The van der Waals surface area contributed by atoms with E-state index in [0.717, 1.165) is 30.5 Å². The van der Waals surface area contributed by atoms with Crippen LogP contribution in [0.1, 0.15) is 37.3 Å². The van der Waals surface area contributed by atoms with Crippen molar-refractivity contribution in [1.82, 2.24) is 30.3 Å². The van der Waals surface area contributed by atoms with Crippen molar-refractivity contribution in [3.8, 4) is 17.1 Å². The van der Waals surface area contributed by atoms with Gasteiger partial charge in [-0.3, -0.25) is 5.10 Å². The molecule has 4 aromatic rings. The number of rotatable bonds is 7. The van der Waals surface area contributed by atoms with Crippen LogP contribution in [0.25, 0.3) is 11.3 Å². The van der Waals surface area contributed by atoms with E-state index < -0.39 is 5.82 Å². The molecule has 2 N–H and O–H groups in total. The minimum Gasteiger partial charge on any atom is -0.481 e. The summed E-state index contributed by atoms with van der Waals surface area (Å²) in [5.74, 6) is 1.57. The minimum atomic E-state index is -0.554. The third-order valence-electron chi connectivity index (χ3n) is 5.60. The smallest absolute Gasteiger partial charge is 0.228 e. The summed E-state index contributed by atoms with van der Waals surface area (Å²) in [6, 6.07) is 7.27. The molecule has 0 aromatic carbocycles. The number of aryl methyl sites for hydroxylation is 1. The lowest BCUT2D eigenvalue weighted by Crippen LogP contribution is -2.24. The lowest BCUT2D eigenvalue weighted by atomic mass is 10.1. The average Bonchev–Trinajstić information content (AvgIpc) is 3.60.